The van der Waals surface area contributed by atoms with E-state index in [2.05, 4.69) is 10.4 Å². The fourth-order valence-electron chi connectivity index (χ4n) is 2.86. The summed E-state index contributed by atoms with van der Waals surface area (Å²) in [6.45, 7) is 6.88. The monoisotopic (exact) mass is 395 g/mol. The Balaban J connectivity index is 1.77. The lowest BCUT2D eigenvalue weighted by molar-refractivity contribution is -0.123. The van der Waals surface area contributed by atoms with Crippen molar-refractivity contribution in [1.82, 2.24) is 14.3 Å². The van der Waals surface area contributed by atoms with Gasteiger partial charge in [-0.15, -0.1) is 0 Å². The average Bonchev–Trinajstić information content (AvgIpc) is 3.40. The van der Waals surface area contributed by atoms with E-state index in [4.69, 9.17) is 9.15 Å². The summed E-state index contributed by atoms with van der Waals surface area (Å²) in [5.41, 5.74) is 0.0530. The molecule has 9 heteroatoms. The van der Waals surface area contributed by atoms with Crippen LogP contribution in [0.25, 0.3) is 5.88 Å². The molecule has 29 heavy (non-hydrogen) atoms. The molecular weight excluding hydrogens is 374 g/mol. The maximum atomic E-state index is 12.7. The third-order valence-corrected chi connectivity index (χ3v) is 4.28. The number of carbonyl (C=O) groups is 2. The second-order valence-electron chi connectivity index (χ2n) is 6.71. The number of ether oxygens (including phenoxy) is 1. The van der Waals surface area contributed by atoms with E-state index >= 15 is 0 Å². The van der Waals surface area contributed by atoms with Gasteiger partial charge in [0, 0.05) is 24.5 Å². The van der Waals surface area contributed by atoms with Crippen molar-refractivity contribution < 1.29 is 18.7 Å². The maximum absolute atomic E-state index is 12.7. The van der Waals surface area contributed by atoms with Gasteiger partial charge in [-0.2, -0.15) is 10.4 Å². The van der Waals surface area contributed by atoms with Crippen LogP contribution in [-0.2, 0) is 9.53 Å². The summed E-state index contributed by atoms with van der Waals surface area (Å²) >= 11 is 0. The first-order chi connectivity index (χ1) is 13.8. The Labute approximate surface area is 167 Å². The van der Waals surface area contributed by atoms with Crippen LogP contribution in [0.2, 0.25) is 0 Å². The molecule has 0 aliphatic rings. The number of hydrogen-bond acceptors (Lipinski definition) is 6. The van der Waals surface area contributed by atoms with E-state index in [1.807, 2.05) is 19.9 Å². The van der Waals surface area contributed by atoms with Crippen molar-refractivity contribution in [2.75, 3.05) is 5.32 Å². The van der Waals surface area contributed by atoms with Gasteiger partial charge in [0.15, 0.2) is 6.10 Å². The van der Waals surface area contributed by atoms with E-state index in [0.29, 0.717) is 5.82 Å². The van der Waals surface area contributed by atoms with Gasteiger partial charge in [0.05, 0.1) is 6.20 Å². The Kier molecular flexibility index (Phi) is 5.54. The van der Waals surface area contributed by atoms with Crippen LogP contribution in [0.15, 0.2) is 41.2 Å². The van der Waals surface area contributed by atoms with Crippen LogP contribution < -0.4 is 5.32 Å². The quantitative estimate of drug-likeness (QED) is 0.641. The molecule has 0 fully saturated rings. The van der Waals surface area contributed by atoms with Gasteiger partial charge in [-0.05, 0) is 39.8 Å². The number of nitriles is 1. The van der Waals surface area contributed by atoms with Crippen molar-refractivity contribution in [3.63, 3.8) is 0 Å². The molecule has 0 spiro atoms. The molecule has 3 aromatic rings. The Morgan fingerprint density at radius 3 is 2.59 bits per heavy atom. The number of nitrogens with zero attached hydrogens (tertiary/aromatic N) is 4. The minimum absolute atomic E-state index is 0.00284. The largest absolute Gasteiger partial charge is 0.449 e. The molecule has 1 amide bonds. The van der Waals surface area contributed by atoms with Crippen LogP contribution in [0.1, 0.15) is 48.5 Å². The lowest BCUT2D eigenvalue weighted by Gasteiger charge is -2.15. The minimum atomic E-state index is -1.09. The second kappa shape index (κ2) is 8.06. The van der Waals surface area contributed by atoms with Crippen LogP contribution >= 0.6 is 0 Å². The van der Waals surface area contributed by atoms with Gasteiger partial charge in [-0.3, -0.25) is 9.36 Å². The van der Waals surface area contributed by atoms with Crippen molar-refractivity contribution in [2.45, 2.75) is 39.8 Å². The molecule has 9 nitrogen and oxygen atoms in total. The molecule has 1 unspecified atom stereocenters. The van der Waals surface area contributed by atoms with E-state index in [-0.39, 0.29) is 28.8 Å². The van der Waals surface area contributed by atoms with E-state index in [9.17, 15) is 14.9 Å². The first-order valence-electron chi connectivity index (χ1n) is 9.05. The van der Waals surface area contributed by atoms with E-state index < -0.39 is 18.0 Å². The van der Waals surface area contributed by atoms with Crippen molar-refractivity contribution in [1.29, 1.82) is 5.26 Å². The summed E-state index contributed by atoms with van der Waals surface area (Å²) in [6.07, 6.45) is 3.88. The number of aryl methyl sites for hydroxylation is 1. The number of aromatic nitrogens is 3. The lowest BCUT2D eigenvalue weighted by atomic mass is 10.1. The Morgan fingerprint density at radius 2 is 1.97 bits per heavy atom. The molecule has 3 heterocycles. The third kappa shape index (κ3) is 3.91. The van der Waals surface area contributed by atoms with Crippen LogP contribution in [0.3, 0.4) is 0 Å². The smallest absolute Gasteiger partial charge is 0.343 e. The zero-order chi connectivity index (χ0) is 21.1. The molecule has 150 valence electrons. The summed E-state index contributed by atoms with van der Waals surface area (Å²) in [6, 6.07) is 7.23. The number of nitrogens with one attached hydrogen (secondary N) is 1. The van der Waals surface area contributed by atoms with Crippen molar-refractivity contribution in [3.8, 4) is 12.0 Å². The van der Waals surface area contributed by atoms with Crippen molar-refractivity contribution >= 4 is 17.7 Å². The standard InChI is InChI=1S/C20H21N5O4/c1-12(2)25-16(7-8-22-25)23-18(26)14(4)29-20(27)17-13(3)28-19(15(17)11-21)24-9-5-6-10-24/h5-10,12,14H,1-4H3,(H,23,26). The number of esters is 1. The third-order valence-electron chi connectivity index (χ3n) is 4.28. The molecule has 0 bridgehead atoms. The molecule has 1 N–H and O–H groups in total. The summed E-state index contributed by atoms with van der Waals surface area (Å²) < 4.78 is 14.1. The average molecular weight is 395 g/mol. The van der Waals surface area contributed by atoms with Gasteiger partial charge >= 0.3 is 5.97 Å². The van der Waals surface area contributed by atoms with E-state index in [0.717, 1.165) is 0 Å². The van der Waals surface area contributed by atoms with Gasteiger partial charge < -0.3 is 14.5 Å². The topological polar surface area (TPSA) is 115 Å². The molecule has 1 atom stereocenters. The molecule has 0 saturated carbocycles. The normalized spacial score (nSPS) is 11.9. The second-order valence-corrected chi connectivity index (χ2v) is 6.71. The summed E-state index contributed by atoms with van der Waals surface area (Å²) in [5.74, 6) is -0.354. The van der Waals surface area contributed by atoms with Crippen LogP contribution in [0.5, 0.6) is 0 Å². The fourth-order valence-corrected chi connectivity index (χ4v) is 2.86. The highest BCUT2D eigenvalue weighted by Crippen LogP contribution is 2.26. The zero-order valence-electron chi connectivity index (χ0n) is 16.5. The van der Waals surface area contributed by atoms with Crippen LogP contribution in [0, 0.1) is 18.3 Å². The maximum Gasteiger partial charge on any atom is 0.343 e. The first-order valence-corrected chi connectivity index (χ1v) is 9.05. The molecule has 0 aliphatic carbocycles. The number of furan rings is 1. The first kappa shape index (κ1) is 19.9. The minimum Gasteiger partial charge on any atom is -0.449 e. The number of amides is 1. The van der Waals surface area contributed by atoms with Gasteiger partial charge in [-0.1, -0.05) is 0 Å². The Bertz CT molecular complexity index is 1070. The number of hydrogen-bond donors (Lipinski definition) is 1. The molecular formula is C20H21N5O4. The van der Waals surface area contributed by atoms with E-state index in [1.165, 1.54) is 6.92 Å². The highest BCUT2D eigenvalue weighted by atomic mass is 16.5. The predicted octanol–water partition coefficient (Wildman–Crippen LogP) is 3.21. The van der Waals surface area contributed by atoms with Gasteiger partial charge in [0.1, 0.15) is 28.8 Å². The lowest BCUT2D eigenvalue weighted by Crippen LogP contribution is -2.31. The summed E-state index contributed by atoms with van der Waals surface area (Å²) in [5, 5.41) is 16.4. The fraction of sp³-hybridized carbons (Fsp3) is 0.300. The van der Waals surface area contributed by atoms with Gasteiger partial charge in [-0.25, -0.2) is 9.48 Å². The Morgan fingerprint density at radius 1 is 1.28 bits per heavy atom. The highest BCUT2D eigenvalue weighted by Gasteiger charge is 2.28. The number of anilines is 1. The number of rotatable bonds is 6. The molecule has 0 radical (unpaired) electrons. The van der Waals surface area contributed by atoms with E-state index in [1.54, 1.807) is 53.0 Å². The van der Waals surface area contributed by atoms with Gasteiger partial charge in [0.25, 0.3) is 5.91 Å². The molecule has 0 aromatic carbocycles. The summed E-state index contributed by atoms with van der Waals surface area (Å²) in [4.78, 5) is 25.1. The van der Waals surface area contributed by atoms with Crippen LogP contribution in [0.4, 0.5) is 5.82 Å². The number of carbonyl (C=O) groups excluding carboxylic acids is 2. The molecule has 0 saturated heterocycles. The van der Waals surface area contributed by atoms with Gasteiger partial charge in [0.2, 0.25) is 5.88 Å². The Hall–Kier alpha value is -3.80. The zero-order valence-corrected chi connectivity index (χ0v) is 16.5. The van der Waals surface area contributed by atoms with Crippen molar-refractivity contribution in [3.05, 3.63) is 53.7 Å². The summed E-state index contributed by atoms with van der Waals surface area (Å²) in [7, 11) is 0. The van der Waals surface area contributed by atoms with Crippen molar-refractivity contribution in [2.24, 2.45) is 0 Å². The molecule has 3 aromatic heterocycles. The molecule has 3 rings (SSSR count). The predicted molar refractivity (Wildman–Crippen MR) is 104 cm³/mol. The van der Waals surface area contributed by atoms with Crippen LogP contribution in [-0.4, -0.2) is 32.3 Å². The SMILES string of the molecule is Cc1oc(-n2cccc2)c(C#N)c1C(=O)OC(C)C(=O)Nc1ccnn1C(C)C. The molecule has 0 aliphatic heterocycles. The highest BCUT2D eigenvalue weighted by molar-refractivity contribution is 5.98.